The van der Waals surface area contributed by atoms with E-state index in [9.17, 15) is 18.7 Å². The number of phenols is 1. The van der Waals surface area contributed by atoms with Crippen molar-refractivity contribution >= 4 is 22.5 Å². The maximum absolute atomic E-state index is 13.6. The summed E-state index contributed by atoms with van der Waals surface area (Å²) in [6.07, 6.45) is 2.22. The molecule has 0 bridgehead atoms. The highest BCUT2D eigenvalue weighted by Gasteiger charge is 2.56. The SMILES string of the molecule is CC.COc1nc2c(c(N3CCCC(C)C3)n1)CN(C(=O)c1cc(O)cc3cccc(C)c13)C2.OCC1CC1(F)F. The van der Waals surface area contributed by atoms with Gasteiger partial charge in [-0.3, -0.25) is 4.79 Å². The first-order chi connectivity index (χ1) is 19.6. The van der Waals surface area contributed by atoms with Crippen molar-refractivity contribution in [2.75, 3.05) is 31.7 Å². The topological polar surface area (TPSA) is 99.0 Å². The Hall–Kier alpha value is -3.53. The molecule has 6 rings (SSSR count). The van der Waals surface area contributed by atoms with Crippen LogP contribution in [0.3, 0.4) is 0 Å². The molecule has 3 heterocycles. The zero-order chi connectivity index (χ0) is 29.9. The van der Waals surface area contributed by atoms with Gasteiger partial charge in [0.2, 0.25) is 0 Å². The number of carbonyl (C=O) groups excluding carboxylic acids is 1. The average molecular weight is 571 g/mol. The lowest BCUT2D eigenvalue weighted by atomic mass is 9.98. The molecule has 1 aromatic heterocycles. The van der Waals surface area contributed by atoms with E-state index in [2.05, 4.69) is 21.8 Å². The van der Waals surface area contributed by atoms with Crippen LogP contribution in [0.4, 0.5) is 14.6 Å². The fourth-order valence-corrected chi connectivity index (χ4v) is 5.50. The molecule has 0 radical (unpaired) electrons. The summed E-state index contributed by atoms with van der Waals surface area (Å²) in [5, 5.41) is 20.1. The summed E-state index contributed by atoms with van der Waals surface area (Å²) in [6.45, 7) is 10.6. The molecule has 2 unspecified atom stereocenters. The van der Waals surface area contributed by atoms with E-state index in [1.807, 2.05) is 39.0 Å². The van der Waals surface area contributed by atoms with Gasteiger partial charge in [0.05, 0.1) is 44.0 Å². The number of rotatable bonds is 4. The largest absolute Gasteiger partial charge is 0.508 e. The Morgan fingerprint density at radius 3 is 2.54 bits per heavy atom. The number of aromatic nitrogens is 2. The van der Waals surface area contributed by atoms with E-state index in [0.29, 0.717) is 30.6 Å². The number of alkyl halides is 2. The van der Waals surface area contributed by atoms with Gasteiger partial charge in [-0.1, -0.05) is 39.0 Å². The normalized spacial score (nSPS) is 20.4. The number of nitrogens with zero attached hydrogens (tertiary/aromatic N) is 4. The molecule has 1 aliphatic carbocycles. The van der Waals surface area contributed by atoms with Gasteiger partial charge in [0, 0.05) is 25.1 Å². The smallest absolute Gasteiger partial charge is 0.318 e. The summed E-state index contributed by atoms with van der Waals surface area (Å²) in [5.74, 6) is -1.81. The number of aryl methyl sites for hydroxylation is 1. The van der Waals surface area contributed by atoms with Crippen LogP contribution in [0.5, 0.6) is 11.8 Å². The number of benzene rings is 2. The Morgan fingerprint density at radius 2 is 1.93 bits per heavy atom. The van der Waals surface area contributed by atoms with Crippen LogP contribution in [-0.2, 0) is 13.1 Å². The number of aliphatic hydroxyl groups excluding tert-OH is 1. The van der Waals surface area contributed by atoms with Crippen molar-refractivity contribution < 1.29 is 28.5 Å². The summed E-state index contributed by atoms with van der Waals surface area (Å²) in [7, 11) is 1.57. The number of aromatic hydroxyl groups is 1. The second-order valence-electron chi connectivity index (χ2n) is 10.8. The van der Waals surface area contributed by atoms with Crippen LogP contribution in [0.2, 0.25) is 0 Å². The van der Waals surface area contributed by atoms with Crippen LogP contribution in [-0.4, -0.2) is 63.7 Å². The third kappa shape index (κ3) is 6.53. The predicted octanol–water partition coefficient (Wildman–Crippen LogP) is 5.70. The van der Waals surface area contributed by atoms with Crippen LogP contribution >= 0.6 is 0 Å². The van der Waals surface area contributed by atoms with E-state index < -0.39 is 11.8 Å². The monoisotopic (exact) mass is 570 g/mol. The number of methoxy groups -OCH3 is 1. The van der Waals surface area contributed by atoms with Gasteiger partial charge in [0.15, 0.2) is 0 Å². The average Bonchev–Trinajstić information content (AvgIpc) is 3.37. The predicted molar refractivity (Wildman–Crippen MR) is 155 cm³/mol. The number of halogens is 2. The van der Waals surface area contributed by atoms with E-state index in [1.165, 1.54) is 6.42 Å². The number of amides is 1. The quantitative estimate of drug-likeness (QED) is 0.415. The first-order valence-corrected chi connectivity index (χ1v) is 14.3. The van der Waals surface area contributed by atoms with E-state index >= 15 is 0 Å². The van der Waals surface area contributed by atoms with Gasteiger partial charge in [-0.05, 0) is 54.2 Å². The summed E-state index contributed by atoms with van der Waals surface area (Å²) in [4.78, 5) is 27.0. The highest BCUT2D eigenvalue weighted by Crippen LogP contribution is 2.47. The Bertz CT molecular complexity index is 1400. The van der Waals surface area contributed by atoms with E-state index in [4.69, 9.17) is 9.84 Å². The molecule has 3 aliphatic rings. The molecule has 2 aromatic carbocycles. The second kappa shape index (κ2) is 12.5. The first-order valence-electron chi connectivity index (χ1n) is 14.3. The van der Waals surface area contributed by atoms with Crippen LogP contribution < -0.4 is 9.64 Å². The second-order valence-corrected chi connectivity index (χ2v) is 10.8. The number of ether oxygens (including phenoxy) is 1. The molecule has 2 fully saturated rings. The highest BCUT2D eigenvalue weighted by molar-refractivity contribution is 6.09. The van der Waals surface area contributed by atoms with Crippen LogP contribution in [0, 0.1) is 18.8 Å². The number of phenolic OH excluding ortho intramolecular Hbond substituents is 1. The van der Waals surface area contributed by atoms with Gasteiger partial charge in [-0.2, -0.15) is 9.97 Å². The first kappa shape index (κ1) is 30.4. The number of aliphatic hydroxyl groups is 1. The van der Waals surface area contributed by atoms with Gasteiger partial charge < -0.3 is 24.7 Å². The van der Waals surface area contributed by atoms with Crippen molar-refractivity contribution in [3.63, 3.8) is 0 Å². The molecule has 2 N–H and O–H groups in total. The maximum atomic E-state index is 13.6. The van der Waals surface area contributed by atoms with Crippen molar-refractivity contribution in [1.29, 1.82) is 0 Å². The van der Waals surface area contributed by atoms with Gasteiger partial charge in [0.1, 0.15) is 11.6 Å². The van der Waals surface area contributed by atoms with Gasteiger partial charge in [0.25, 0.3) is 11.8 Å². The summed E-state index contributed by atoms with van der Waals surface area (Å²) in [6, 6.07) is 9.45. The molecule has 1 saturated carbocycles. The lowest BCUT2D eigenvalue weighted by Crippen LogP contribution is -2.35. The number of carbonyl (C=O) groups is 1. The van der Waals surface area contributed by atoms with E-state index in [-0.39, 0.29) is 24.7 Å². The van der Waals surface area contributed by atoms with Crippen molar-refractivity contribution in [3.05, 3.63) is 52.7 Å². The van der Waals surface area contributed by atoms with Gasteiger partial charge in [-0.15, -0.1) is 0 Å². The number of anilines is 1. The minimum absolute atomic E-state index is 0.0904. The fraction of sp³-hybridized carbons (Fsp3) is 0.516. The molecule has 1 saturated heterocycles. The molecule has 41 heavy (non-hydrogen) atoms. The molecule has 8 nitrogen and oxygen atoms in total. The van der Waals surface area contributed by atoms with E-state index in [1.54, 1.807) is 24.1 Å². The Kier molecular flexibility index (Phi) is 9.31. The van der Waals surface area contributed by atoms with Crippen molar-refractivity contribution in [2.24, 2.45) is 11.8 Å². The molecule has 0 spiro atoms. The molecule has 222 valence electrons. The Morgan fingerprint density at radius 1 is 1.20 bits per heavy atom. The third-order valence-corrected chi connectivity index (χ3v) is 7.74. The molecular weight excluding hydrogens is 530 g/mol. The minimum Gasteiger partial charge on any atom is -0.508 e. The Balaban J connectivity index is 0.000000372. The number of hydrogen-bond donors (Lipinski definition) is 2. The Labute approximate surface area is 240 Å². The number of piperidine rings is 1. The highest BCUT2D eigenvalue weighted by atomic mass is 19.3. The lowest BCUT2D eigenvalue weighted by Gasteiger charge is -2.33. The number of hydrogen-bond acceptors (Lipinski definition) is 7. The summed E-state index contributed by atoms with van der Waals surface area (Å²) in [5.41, 5.74) is 3.35. The standard InChI is InChI=1S/C25H28N4O3.C4H6F2O.C2H6/c1-15-6-5-9-28(12-15)23-20-13-29(14-21(20)26-25(27-23)32-3)24(31)19-11-18(30)10-17-8-4-7-16(2)22(17)19;5-4(6)1-3(4)2-7;1-2/h4,7-8,10-11,15,30H,5-6,9,12-14H2,1-3H3;3,7H,1-2H2;1-2H3. The van der Waals surface area contributed by atoms with Crippen molar-refractivity contribution in [2.45, 2.75) is 66.0 Å². The zero-order valence-corrected chi connectivity index (χ0v) is 24.5. The number of fused-ring (bicyclic) bond motifs is 2. The van der Waals surface area contributed by atoms with Gasteiger partial charge in [-0.25, -0.2) is 8.78 Å². The molecule has 2 aliphatic heterocycles. The minimum atomic E-state index is -2.53. The molecular formula is C31H40F2N4O4. The van der Waals surface area contributed by atoms with Crippen LogP contribution in [0.15, 0.2) is 30.3 Å². The zero-order valence-electron chi connectivity index (χ0n) is 24.5. The van der Waals surface area contributed by atoms with Crippen LogP contribution in [0.25, 0.3) is 10.8 Å². The third-order valence-electron chi connectivity index (χ3n) is 7.74. The van der Waals surface area contributed by atoms with Crippen molar-refractivity contribution in [3.8, 4) is 11.8 Å². The molecule has 10 heteroatoms. The van der Waals surface area contributed by atoms with Gasteiger partial charge >= 0.3 is 6.01 Å². The molecule has 3 aromatic rings. The molecule has 2 atom stereocenters. The summed E-state index contributed by atoms with van der Waals surface area (Å²) >= 11 is 0. The molecule has 1 amide bonds. The van der Waals surface area contributed by atoms with E-state index in [0.717, 1.165) is 52.9 Å². The van der Waals surface area contributed by atoms with Crippen LogP contribution in [0.1, 0.15) is 67.2 Å². The fourth-order valence-electron chi connectivity index (χ4n) is 5.50. The summed E-state index contributed by atoms with van der Waals surface area (Å²) < 4.78 is 28.7. The maximum Gasteiger partial charge on any atom is 0.318 e. The van der Waals surface area contributed by atoms with Crippen molar-refractivity contribution in [1.82, 2.24) is 14.9 Å². The lowest BCUT2D eigenvalue weighted by molar-refractivity contribution is 0.0751.